The number of aliphatic hydroxyl groups excluding tert-OH is 1. The predicted octanol–water partition coefficient (Wildman–Crippen LogP) is 1.83. The molecule has 1 aromatic carbocycles. The third-order valence-corrected chi connectivity index (χ3v) is 2.29. The van der Waals surface area contributed by atoms with Crippen molar-refractivity contribution in [3.63, 3.8) is 0 Å². The fraction of sp³-hybridized carbons (Fsp3) is 0.222. The van der Waals surface area contributed by atoms with E-state index in [1.807, 2.05) is 6.07 Å². The number of halogens is 2. The number of nitriles is 1. The summed E-state index contributed by atoms with van der Waals surface area (Å²) in [7, 11) is 0. The Morgan fingerprint density at radius 2 is 2.29 bits per heavy atom. The molecule has 0 atom stereocenters. The second kappa shape index (κ2) is 4.94. The van der Waals surface area contributed by atoms with Crippen molar-refractivity contribution in [2.75, 3.05) is 13.2 Å². The average Bonchev–Trinajstić information content (AvgIpc) is 2.20. The number of rotatable bonds is 3. The molecule has 0 fully saturated rings. The smallest absolute Gasteiger partial charge is 0.180 e. The molecule has 0 amide bonds. The van der Waals surface area contributed by atoms with Crippen molar-refractivity contribution in [2.24, 2.45) is 0 Å². The predicted molar refractivity (Wildman–Crippen MR) is 51.4 cm³/mol. The molecule has 74 valence electrons. The van der Waals surface area contributed by atoms with Gasteiger partial charge in [-0.3, -0.25) is 0 Å². The zero-order valence-electron chi connectivity index (χ0n) is 7.13. The van der Waals surface area contributed by atoms with Gasteiger partial charge in [-0.15, -0.1) is 0 Å². The van der Waals surface area contributed by atoms with Gasteiger partial charge in [0.25, 0.3) is 0 Å². The van der Waals surface area contributed by atoms with Crippen molar-refractivity contribution >= 4 is 15.9 Å². The molecule has 0 bridgehead atoms. The van der Waals surface area contributed by atoms with Gasteiger partial charge in [-0.25, -0.2) is 4.39 Å². The Labute approximate surface area is 88.9 Å². The number of hydrogen-bond acceptors (Lipinski definition) is 3. The maximum absolute atomic E-state index is 13.4. The number of aliphatic hydroxyl groups is 1. The molecule has 0 aromatic heterocycles. The van der Waals surface area contributed by atoms with E-state index < -0.39 is 5.82 Å². The van der Waals surface area contributed by atoms with Crippen LogP contribution in [0.5, 0.6) is 5.75 Å². The summed E-state index contributed by atoms with van der Waals surface area (Å²) in [5, 5.41) is 17.1. The first-order chi connectivity index (χ1) is 6.70. The molecule has 1 rings (SSSR count). The third-order valence-electron chi connectivity index (χ3n) is 1.52. The molecule has 1 N–H and O–H groups in total. The first-order valence-electron chi connectivity index (χ1n) is 3.82. The molecular weight excluding hydrogens is 253 g/mol. The molecule has 1 aromatic rings. The highest BCUT2D eigenvalue weighted by molar-refractivity contribution is 9.10. The van der Waals surface area contributed by atoms with Gasteiger partial charge in [0.2, 0.25) is 0 Å². The fourth-order valence-electron chi connectivity index (χ4n) is 0.885. The van der Waals surface area contributed by atoms with Crippen LogP contribution in [-0.4, -0.2) is 18.3 Å². The molecule has 0 aliphatic heterocycles. The van der Waals surface area contributed by atoms with Crippen molar-refractivity contribution in [3.8, 4) is 11.8 Å². The van der Waals surface area contributed by atoms with E-state index in [4.69, 9.17) is 15.1 Å². The molecule has 0 saturated heterocycles. The molecule has 14 heavy (non-hydrogen) atoms. The maximum atomic E-state index is 13.4. The SMILES string of the molecule is N#Cc1ccc(OCCO)c(F)c1Br. The minimum Gasteiger partial charge on any atom is -0.488 e. The maximum Gasteiger partial charge on any atom is 0.180 e. The Balaban J connectivity index is 3.00. The summed E-state index contributed by atoms with van der Waals surface area (Å²) in [4.78, 5) is 0. The summed E-state index contributed by atoms with van der Waals surface area (Å²) in [6.07, 6.45) is 0. The lowest BCUT2D eigenvalue weighted by Crippen LogP contribution is -2.03. The summed E-state index contributed by atoms with van der Waals surface area (Å²) in [6, 6.07) is 4.63. The van der Waals surface area contributed by atoms with Gasteiger partial charge in [-0.2, -0.15) is 5.26 Å². The van der Waals surface area contributed by atoms with Crippen LogP contribution in [0.2, 0.25) is 0 Å². The topological polar surface area (TPSA) is 53.2 Å². The summed E-state index contributed by atoms with van der Waals surface area (Å²) in [5.41, 5.74) is 0.207. The fourth-order valence-corrected chi connectivity index (χ4v) is 1.30. The van der Waals surface area contributed by atoms with Crippen molar-refractivity contribution in [2.45, 2.75) is 0 Å². The summed E-state index contributed by atoms with van der Waals surface area (Å²) < 4.78 is 18.3. The summed E-state index contributed by atoms with van der Waals surface area (Å²) in [6.45, 7) is -0.160. The van der Waals surface area contributed by atoms with E-state index in [0.29, 0.717) is 0 Å². The molecule has 0 aliphatic carbocycles. The molecule has 0 unspecified atom stereocenters. The molecule has 0 radical (unpaired) electrons. The van der Waals surface area contributed by atoms with E-state index in [1.54, 1.807) is 0 Å². The Kier molecular flexibility index (Phi) is 3.86. The van der Waals surface area contributed by atoms with Crippen LogP contribution >= 0.6 is 15.9 Å². The Morgan fingerprint density at radius 3 is 2.86 bits per heavy atom. The molecule has 0 saturated carbocycles. The first-order valence-corrected chi connectivity index (χ1v) is 4.61. The largest absolute Gasteiger partial charge is 0.488 e. The Hall–Kier alpha value is -1.12. The van der Waals surface area contributed by atoms with Crippen LogP contribution in [-0.2, 0) is 0 Å². The average molecular weight is 260 g/mol. The Bertz CT molecular complexity index is 376. The van der Waals surface area contributed by atoms with Crippen molar-refractivity contribution in [1.82, 2.24) is 0 Å². The summed E-state index contributed by atoms with van der Waals surface area (Å²) >= 11 is 2.94. The van der Waals surface area contributed by atoms with Crippen LogP contribution in [0.1, 0.15) is 5.56 Å². The van der Waals surface area contributed by atoms with E-state index in [1.165, 1.54) is 12.1 Å². The van der Waals surface area contributed by atoms with Gasteiger partial charge in [-0.1, -0.05) is 0 Å². The Morgan fingerprint density at radius 1 is 1.57 bits per heavy atom. The minimum absolute atomic E-state index is 0.0184. The molecule has 0 aliphatic rings. The van der Waals surface area contributed by atoms with Crippen LogP contribution in [0, 0.1) is 17.1 Å². The molecular formula is C9H7BrFNO2. The van der Waals surface area contributed by atoms with Gasteiger partial charge in [0.05, 0.1) is 16.6 Å². The zero-order chi connectivity index (χ0) is 10.6. The lowest BCUT2D eigenvalue weighted by Gasteiger charge is -2.06. The van der Waals surface area contributed by atoms with Crippen LogP contribution < -0.4 is 4.74 Å². The van der Waals surface area contributed by atoms with Crippen LogP contribution in [0.3, 0.4) is 0 Å². The number of hydrogen-bond donors (Lipinski definition) is 1. The van der Waals surface area contributed by atoms with Crippen LogP contribution in [0.25, 0.3) is 0 Å². The monoisotopic (exact) mass is 259 g/mol. The second-order valence-electron chi connectivity index (χ2n) is 2.42. The highest BCUT2D eigenvalue weighted by Crippen LogP contribution is 2.27. The lowest BCUT2D eigenvalue weighted by atomic mass is 10.2. The van der Waals surface area contributed by atoms with Crippen LogP contribution in [0.4, 0.5) is 4.39 Å². The van der Waals surface area contributed by atoms with Gasteiger partial charge in [0.15, 0.2) is 11.6 Å². The summed E-state index contributed by atoms with van der Waals surface area (Å²) in [5.74, 6) is -0.609. The lowest BCUT2D eigenvalue weighted by molar-refractivity contribution is 0.196. The standard InChI is InChI=1S/C9H7BrFNO2/c10-8-6(5-12)1-2-7(9(8)11)14-4-3-13/h1-2,13H,3-4H2. The van der Waals surface area contributed by atoms with Gasteiger partial charge >= 0.3 is 0 Å². The number of benzene rings is 1. The molecule has 0 heterocycles. The zero-order valence-corrected chi connectivity index (χ0v) is 8.71. The van der Waals surface area contributed by atoms with E-state index in [0.717, 1.165) is 0 Å². The van der Waals surface area contributed by atoms with E-state index in [-0.39, 0.29) is 29.0 Å². The first kappa shape index (κ1) is 11.0. The second-order valence-corrected chi connectivity index (χ2v) is 3.22. The number of nitrogens with zero attached hydrogens (tertiary/aromatic N) is 1. The molecule has 0 spiro atoms. The van der Waals surface area contributed by atoms with E-state index >= 15 is 0 Å². The van der Waals surface area contributed by atoms with Gasteiger partial charge < -0.3 is 9.84 Å². The normalized spacial score (nSPS) is 9.57. The van der Waals surface area contributed by atoms with Gasteiger partial charge in [0.1, 0.15) is 12.7 Å². The minimum atomic E-state index is -0.627. The highest BCUT2D eigenvalue weighted by atomic mass is 79.9. The number of ether oxygens (including phenoxy) is 1. The van der Waals surface area contributed by atoms with Gasteiger partial charge in [0, 0.05) is 0 Å². The van der Waals surface area contributed by atoms with E-state index in [9.17, 15) is 4.39 Å². The molecule has 5 heteroatoms. The third kappa shape index (κ3) is 2.22. The highest BCUT2D eigenvalue weighted by Gasteiger charge is 2.11. The van der Waals surface area contributed by atoms with E-state index in [2.05, 4.69) is 15.9 Å². The quantitative estimate of drug-likeness (QED) is 0.901. The van der Waals surface area contributed by atoms with Gasteiger partial charge in [-0.05, 0) is 28.1 Å². The van der Waals surface area contributed by atoms with Crippen molar-refractivity contribution < 1.29 is 14.2 Å². The van der Waals surface area contributed by atoms with Crippen molar-refractivity contribution in [3.05, 3.63) is 28.0 Å². The van der Waals surface area contributed by atoms with Crippen molar-refractivity contribution in [1.29, 1.82) is 5.26 Å². The molecule has 3 nitrogen and oxygen atoms in total. The van der Waals surface area contributed by atoms with Crippen LogP contribution in [0.15, 0.2) is 16.6 Å².